The van der Waals surface area contributed by atoms with E-state index in [1.807, 2.05) is 78.2 Å². The number of carbonyl (C=O) groups excluding carboxylic acids is 3. The van der Waals surface area contributed by atoms with Crippen molar-refractivity contribution < 1.29 is 24.2 Å². The number of ether oxygens (including phenoxy) is 1. The zero-order valence-corrected chi connectivity index (χ0v) is 24.9. The van der Waals surface area contributed by atoms with Gasteiger partial charge in [-0.3, -0.25) is 14.4 Å². The van der Waals surface area contributed by atoms with E-state index in [0.717, 1.165) is 16.0 Å². The second-order valence-corrected chi connectivity index (χ2v) is 11.2. The van der Waals surface area contributed by atoms with Crippen LogP contribution < -0.4 is 20.7 Å². The summed E-state index contributed by atoms with van der Waals surface area (Å²) in [5.41, 5.74) is 2.36. The normalized spacial score (nSPS) is 12.9. The van der Waals surface area contributed by atoms with Gasteiger partial charge in [0.05, 0.1) is 6.10 Å². The summed E-state index contributed by atoms with van der Waals surface area (Å²) in [6.07, 6.45) is 0.403. The van der Waals surface area contributed by atoms with Crippen LogP contribution in [-0.4, -0.2) is 47.6 Å². The molecule has 4 rings (SSSR count). The molecule has 1 heterocycles. The van der Waals surface area contributed by atoms with Crippen molar-refractivity contribution in [3.05, 3.63) is 124 Å². The number of benzene rings is 3. The van der Waals surface area contributed by atoms with Gasteiger partial charge in [0.25, 0.3) is 5.91 Å². The largest absolute Gasteiger partial charge is 0.489 e. The molecular weight excluding hydrogens is 562 g/mol. The van der Waals surface area contributed by atoms with Crippen LogP contribution in [0.4, 0.5) is 0 Å². The highest BCUT2D eigenvalue weighted by Crippen LogP contribution is 2.15. The van der Waals surface area contributed by atoms with Gasteiger partial charge in [-0.05, 0) is 73.0 Å². The van der Waals surface area contributed by atoms with Gasteiger partial charge in [-0.15, -0.1) is 11.3 Å². The molecule has 3 atom stereocenters. The summed E-state index contributed by atoms with van der Waals surface area (Å²) in [7, 11) is 0. The van der Waals surface area contributed by atoms with Gasteiger partial charge < -0.3 is 25.8 Å². The van der Waals surface area contributed by atoms with E-state index in [9.17, 15) is 19.5 Å². The van der Waals surface area contributed by atoms with Gasteiger partial charge in [-0.1, -0.05) is 66.7 Å². The number of rotatable bonds is 15. The summed E-state index contributed by atoms with van der Waals surface area (Å²) < 4.78 is 5.78. The summed E-state index contributed by atoms with van der Waals surface area (Å²) in [5.74, 6) is -0.895. The molecule has 0 saturated heterocycles. The SMILES string of the molecule is C[C@@H](O)[C@H](NC(=O)c1ccc(OCc2ccccc2)cc1)C(=O)N[C@@H](CCc1ccccc1)C(=O)NCCc1cccs1. The molecule has 0 saturated carbocycles. The molecule has 0 aliphatic heterocycles. The summed E-state index contributed by atoms with van der Waals surface area (Å²) >= 11 is 1.62. The Hall–Kier alpha value is -4.47. The Bertz CT molecular complexity index is 1430. The van der Waals surface area contributed by atoms with Crippen molar-refractivity contribution in [3.63, 3.8) is 0 Å². The van der Waals surface area contributed by atoms with Gasteiger partial charge in [-0.2, -0.15) is 0 Å². The maximum Gasteiger partial charge on any atom is 0.252 e. The highest BCUT2D eigenvalue weighted by atomic mass is 32.1. The molecule has 43 heavy (non-hydrogen) atoms. The molecular formula is C34H37N3O5S. The molecule has 4 N–H and O–H groups in total. The fourth-order valence-electron chi connectivity index (χ4n) is 4.45. The fourth-order valence-corrected chi connectivity index (χ4v) is 5.16. The number of hydrogen-bond acceptors (Lipinski definition) is 6. The van der Waals surface area contributed by atoms with Crippen LogP contribution in [0.2, 0.25) is 0 Å². The first-order valence-electron chi connectivity index (χ1n) is 14.3. The molecule has 0 fully saturated rings. The highest BCUT2D eigenvalue weighted by Gasteiger charge is 2.30. The van der Waals surface area contributed by atoms with E-state index in [0.29, 0.717) is 43.7 Å². The van der Waals surface area contributed by atoms with Crippen LogP contribution in [0, 0.1) is 0 Å². The average Bonchev–Trinajstić information content (AvgIpc) is 3.55. The first-order chi connectivity index (χ1) is 20.9. The van der Waals surface area contributed by atoms with E-state index in [1.54, 1.807) is 35.6 Å². The monoisotopic (exact) mass is 599 g/mol. The third-order valence-electron chi connectivity index (χ3n) is 6.86. The van der Waals surface area contributed by atoms with Gasteiger partial charge in [0.2, 0.25) is 11.8 Å². The molecule has 3 aromatic carbocycles. The number of nitrogens with one attached hydrogen (secondary N) is 3. The third-order valence-corrected chi connectivity index (χ3v) is 7.80. The zero-order valence-electron chi connectivity index (χ0n) is 24.1. The predicted octanol–water partition coefficient (Wildman–Crippen LogP) is 4.28. The maximum atomic E-state index is 13.3. The molecule has 0 spiro atoms. The van der Waals surface area contributed by atoms with E-state index < -0.39 is 30.0 Å². The zero-order chi connectivity index (χ0) is 30.4. The minimum atomic E-state index is -1.26. The average molecular weight is 600 g/mol. The number of aryl methyl sites for hydroxylation is 1. The first-order valence-corrected chi connectivity index (χ1v) is 15.2. The number of thiophene rings is 1. The standard InChI is InChI=1S/C34H37N3O5S/c1-24(38)31(37-32(39)27-15-17-28(18-16-27)42-23-26-11-6-3-7-12-26)34(41)36-30(19-14-25-9-4-2-5-10-25)33(40)35-21-20-29-13-8-22-43-29/h2-13,15-18,22,24,30-31,38H,14,19-21,23H2,1H3,(H,35,40)(H,36,41)(H,37,39)/t24-,30+,31+/m1/s1. The summed E-state index contributed by atoms with van der Waals surface area (Å²) in [6, 6.07) is 27.8. The lowest BCUT2D eigenvalue weighted by Gasteiger charge is -2.25. The first kappa shape index (κ1) is 31.5. The van der Waals surface area contributed by atoms with Crippen LogP contribution >= 0.6 is 11.3 Å². The Morgan fingerprint density at radius 3 is 2.09 bits per heavy atom. The molecule has 0 unspecified atom stereocenters. The molecule has 224 valence electrons. The number of hydrogen-bond donors (Lipinski definition) is 4. The number of amides is 3. The van der Waals surface area contributed by atoms with Crippen molar-refractivity contribution in [2.45, 2.75) is 51.0 Å². The molecule has 1 aromatic heterocycles. The van der Waals surface area contributed by atoms with Gasteiger partial charge in [0, 0.05) is 17.0 Å². The Morgan fingerprint density at radius 1 is 0.791 bits per heavy atom. The van der Waals surface area contributed by atoms with Crippen LogP contribution in [0.1, 0.15) is 39.7 Å². The van der Waals surface area contributed by atoms with Gasteiger partial charge >= 0.3 is 0 Å². The van der Waals surface area contributed by atoms with E-state index in [-0.39, 0.29) is 5.91 Å². The molecule has 0 aliphatic carbocycles. The molecule has 9 heteroatoms. The molecule has 0 bridgehead atoms. The highest BCUT2D eigenvalue weighted by molar-refractivity contribution is 7.09. The van der Waals surface area contributed by atoms with E-state index in [4.69, 9.17) is 4.74 Å². The minimum Gasteiger partial charge on any atom is -0.489 e. The van der Waals surface area contributed by atoms with Crippen molar-refractivity contribution >= 4 is 29.1 Å². The molecule has 0 aliphatic rings. The summed E-state index contributed by atoms with van der Waals surface area (Å²) in [4.78, 5) is 40.7. The summed E-state index contributed by atoms with van der Waals surface area (Å²) in [5, 5.41) is 20.7. The van der Waals surface area contributed by atoms with Crippen molar-refractivity contribution in [1.29, 1.82) is 0 Å². The van der Waals surface area contributed by atoms with Gasteiger partial charge in [-0.25, -0.2) is 0 Å². The smallest absolute Gasteiger partial charge is 0.252 e. The van der Waals surface area contributed by atoms with Crippen LogP contribution in [0.25, 0.3) is 0 Å². The van der Waals surface area contributed by atoms with E-state index in [2.05, 4.69) is 16.0 Å². The van der Waals surface area contributed by atoms with Gasteiger partial charge in [0.1, 0.15) is 24.4 Å². The van der Waals surface area contributed by atoms with Crippen molar-refractivity contribution in [2.75, 3.05) is 6.54 Å². The lowest BCUT2D eigenvalue weighted by molar-refractivity contribution is -0.131. The minimum absolute atomic E-state index is 0.303. The van der Waals surface area contributed by atoms with Crippen molar-refractivity contribution in [1.82, 2.24) is 16.0 Å². The third kappa shape index (κ3) is 10.1. The van der Waals surface area contributed by atoms with Crippen LogP contribution in [0.5, 0.6) is 5.75 Å². The second-order valence-electron chi connectivity index (χ2n) is 10.2. The maximum absolute atomic E-state index is 13.3. The topological polar surface area (TPSA) is 117 Å². The molecule has 0 radical (unpaired) electrons. The Morgan fingerprint density at radius 2 is 1.47 bits per heavy atom. The number of aliphatic hydroxyl groups excluding tert-OH is 1. The van der Waals surface area contributed by atoms with Crippen LogP contribution in [0.15, 0.2) is 102 Å². The van der Waals surface area contributed by atoms with Crippen molar-refractivity contribution in [3.8, 4) is 5.75 Å². The van der Waals surface area contributed by atoms with Gasteiger partial charge in [0.15, 0.2) is 0 Å². The fraction of sp³-hybridized carbons (Fsp3) is 0.265. The number of carbonyl (C=O) groups is 3. The number of aliphatic hydroxyl groups is 1. The summed E-state index contributed by atoms with van der Waals surface area (Å²) in [6.45, 7) is 2.24. The van der Waals surface area contributed by atoms with E-state index >= 15 is 0 Å². The van der Waals surface area contributed by atoms with E-state index in [1.165, 1.54) is 6.92 Å². The lowest BCUT2D eigenvalue weighted by atomic mass is 10.0. The molecule has 4 aromatic rings. The Balaban J connectivity index is 1.36. The van der Waals surface area contributed by atoms with Crippen LogP contribution in [-0.2, 0) is 29.0 Å². The quantitative estimate of drug-likeness (QED) is 0.163. The van der Waals surface area contributed by atoms with Crippen LogP contribution in [0.3, 0.4) is 0 Å². The molecule has 3 amide bonds. The predicted molar refractivity (Wildman–Crippen MR) is 168 cm³/mol. The lowest BCUT2D eigenvalue weighted by Crippen LogP contribution is -2.57. The second kappa shape index (κ2) is 16.2. The van der Waals surface area contributed by atoms with Crippen molar-refractivity contribution in [2.24, 2.45) is 0 Å². The molecule has 8 nitrogen and oxygen atoms in total. The Kier molecular flexibility index (Phi) is 11.9. The Labute approximate surface area is 256 Å².